The Morgan fingerprint density at radius 1 is 1.14 bits per heavy atom. The number of rotatable bonds is 4. The zero-order valence-electron chi connectivity index (χ0n) is 13.7. The summed E-state index contributed by atoms with van der Waals surface area (Å²) in [5.74, 6) is 1.04. The molecule has 2 atom stereocenters. The summed E-state index contributed by atoms with van der Waals surface area (Å²) in [6.45, 7) is 7.82. The highest BCUT2D eigenvalue weighted by Gasteiger charge is 2.44. The number of likely N-dealkylation sites (tertiary alicyclic amines) is 1. The molecule has 0 aromatic carbocycles. The summed E-state index contributed by atoms with van der Waals surface area (Å²) in [5.41, 5.74) is 0. The second-order valence-electron chi connectivity index (χ2n) is 7.20. The van der Waals surface area contributed by atoms with Crippen LogP contribution in [-0.2, 0) is 4.79 Å². The number of amides is 1. The lowest BCUT2D eigenvalue weighted by atomic mass is 9.98. The number of piperidine rings is 1. The molecule has 2 aliphatic heterocycles. The van der Waals surface area contributed by atoms with E-state index in [1.165, 1.54) is 38.6 Å². The zero-order valence-corrected chi connectivity index (χ0v) is 13.7. The smallest absolute Gasteiger partial charge is 0.240 e. The van der Waals surface area contributed by atoms with E-state index in [4.69, 9.17) is 0 Å². The van der Waals surface area contributed by atoms with Crippen LogP contribution in [0.3, 0.4) is 0 Å². The molecule has 1 N–H and O–H groups in total. The van der Waals surface area contributed by atoms with Gasteiger partial charge in [-0.15, -0.1) is 0 Å². The Balaban J connectivity index is 1.65. The molecule has 2 unspecified atom stereocenters. The second-order valence-corrected chi connectivity index (χ2v) is 7.20. The van der Waals surface area contributed by atoms with Crippen molar-refractivity contribution < 1.29 is 4.79 Å². The predicted octanol–water partition coefficient (Wildman–Crippen LogP) is 2.20. The van der Waals surface area contributed by atoms with E-state index < -0.39 is 0 Å². The van der Waals surface area contributed by atoms with Gasteiger partial charge in [0.25, 0.3) is 0 Å². The summed E-state index contributed by atoms with van der Waals surface area (Å²) in [6, 6.07) is 0.484. The molecule has 2 heterocycles. The number of nitrogens with zero attached hydrogens (tertiary/aromatic N) is 2. The molecule has 4 nitrogen and oxygen atoms in total. The molecule has 0 spiro atoms. The van der Waals surface area contributed by atoms with E-state index in [0.717, 1.165) is 25.9 Å². The topological polar surface area (TPSA) is 35.6 Å². The van der Waals surface area contributed by atoms with Gasteiger partial charge in [0.2, 0.25) is 5.91 Å². The Kier molecular flexibility index (Phi) is 4.85. The van der Waals surface area contributed by atoms with Gasteiger partial charge in [-0.2, -0.15) is 0 Å². The highest BCUT2D eigenvalue weighted by atomic mass is 16.2. The lowest BCUT2D eigenvalue weighted by Gasteiger charge is -2.40. The molecule has 4 heteroatoms. The van der Waals surface area contributed by atoms with Gasteiger partial charge >= 0.3 is 0 Å². The molecule has 21 heavy (non-hydrogen) atoms. The first kappa shape index (κ1) is 15.3. The fraction of sp³-hybridized carbons (Fsp3) is 0.941. The van der Waals surface area contributed by atoms with Crippen LogP contribution in [0, 0.1) is 5.92 Å². The monoisotopic (exact) mass is 293 g/mol. The summed E-state index contributed by atoms with van der Waals surface area (Å²) in [6.07, 6.45) is 9.13. The van der Waals surface area contributed by atoms with Crippen molar-refractivity contribution in [2.24, 2.45) is 5.92 Å². The van der Waals surface area contributed by atoms with Crippen LogP contribution in [0.5, 0.6) is 0 Å². The van der Waals surface area contributed by atoms with Gasteiger partial charge in [0.05, 0.1) is 12.2 Å². The molecule has 1 saturated carbocycles. The number of nitrogens with one attached hydrogen (secondary N) is 1. The van der Waals surface area contributed by atoms with E-state index in [9.17, 15) is 4.79 Å². The van der Waals surface area contributed by atoms with E-state index in [1.807, 2.05) is 6.92 Å². The van der Waals surface area contributed by atoms with E-state index >= 15 is 0 Å². The molecule has 120 valence electrons. The molecule has 3 fully saturated rings. The van der Waals surface area contributed by atoms with Crippen molar-refractivity contribution in [3.63, 3.8) is 0 Å². The minimum atomic E-state index is 0.0178. The van der Waals surface area contributed by atoms with E-state index in [-0.39, 0.29) is 6.04 Å². The van der Waals surface area contributed by atoms with Crippen molar-refractivity contribution in [1.29, 1.82) is 0 Å². The molecular weight excluding hydrogens is 262 g/mol. The molecule has 0 aromatic heterocycles. The molecule has 1 amide bonds. The van der Waals surface area contributed by atoms with Gasteiger partial charge in [-0.1, -0.05) is 19.8 Å². The summed E-state index contributed by atoms with van der Waals surface area (Å²) >= 11 is 0. The third-order valence-corrected chi connectivity index (χ3v) is 5.68. The van der Waals surface area contributed by atoms with Gasteiger partial charge in [-0.25, -0.2) is 0 Å². The minimum Gasteiger partial charge on any atom is -0.322 e. The number of hydrogen-bond donors (Lipinski definition) is 1. The minimum absolute atomic E-state index is 0.0178. The Morgan fingerprint density at radius 3 is 2.43 bits per heavy atom. The maximum Gasteiger partial charge on any atom is 0.240 e. The first-order valence-electron chi connectivity index (χ1n) is 9.01. The van der Waals surface area contributed by atoms with Gasteiger partial charge in [-0.05, 0) is 51.5 Å². The molecule has 1 aliphatic carbocycles. The fourth-order valence-electron chi connectivity index (χ4n) is 4.55. The summed E-state index contributed by atoms with van der Waals surface area (Å²) < 4.78 is 0. The largest absolute Gasteiger partial charge is 0.322 e. The van der Waals surface area contributed by atoms with Crippen molar-refractivity contribution in [3.05, 3.63) is 0 Å². The molecule has 3 aliphatic rings. The average molecular weight is 293 g/mol. The third kappa shape index (κ3) is 3.11. The number of carbonyl (C=O) groups is 1. The molecule has 3 rings (SSSR count). The third-order valence-electron chi connectivity index (χ3n) is 5.68. The Hall–Kier alpha value is -0.610. The lowest BCUT2D eigenvalue weighted by Crippen LogP contribution is -2.52. The van der Waals surface area contributed by atoms with Crippen LogP contribution in [0.15, 0.2) is 0 Å². The lowest BCUT2D eigenvalue weighted by molar-refractivity contribution is -0.133. The first-order chi connectivity index (χ1) is 10.2. The van der Waals surface area contributed by atoms with Crippen molar-refractivity contribution in [2.45, 2.75) is 77.0 Å². The quantitative estimate of drug-likeness (QED) is 0.863. The Morgan fingerprint density at radius 2 is 1.81 bits per heavy atom. The molecule has 2 saturated heterocycles. The molecule has 0 bridgehead atoms. The summed E-state index contributed by atoms with van der Waals surface area (Å²) in [7, 11) is 0. The van der Waals surface area contributed by atoms with Gasteiger partial charge in [0, 0.05) is 19.1 Å². The van der Waals surface area contributed by atoms with Crippen molar-refractivity contribution in [2.75, 3.05) is 19.6 Å². The Bertz CT molecular complexity index is 359. The van der Waals surface area contributed by atoms with Crippen LogP contribution in [0.2, 0.25) is 0 Å². The van der Waals surface area contributed by atoms with Crippen LogP contribution in [0.25, 0.3) is 0 Å². The van der Waals surface area contributed by atoms with Crippen molar-refractivity contribution >= 4 is 5.91 Å². The van der Waals surface area contributed by atoms with Crippen LogP contribution in [0.4, 0.5) is 0 Å². The molecule has 0 aromatic rings. The number of carbonyl (C=O) groups excluding carboxylic acids is 1. The highest BCUT2D eigenvalue weighted by molar-refractivity contribution is 5.84. The fourth-order valence-corrected chi connectivity index (χ4v) is 4.55. The van der Waals surface area contributed by atoms with Gasteiger partial charge in [-0.3, -0.25) is 10.1 Å². The maximum absolute atomic E-state index is 12.6. The summed E-state index contributed by atoms with van der Waals surface area (Å²) in [4.78, 5) is 17.4. The molecular formula is C17H31N3O. The SMILES string of the molecule is CCCN1CCC(N2C(=O)C(C)NC2C2CCCC2)CC1. The normalized spacial score (nSPS) is 33.2. The van der Waals surface area contributed by atoms with Crippen LogP contribution in [0.1, 0.15) is 58.8 Å². The van der Waals surface area contributed by atoms with Gasteiger partial charge in [0.1, 0.15) is 0 Å². The van der Waals surface area contributed by atoms with E-state index in [1.54, 1.807) is 0 Å². The summed E-state index contributed by atoms with van der Waals surface area (Å²) in [5, 5.41) is 3.59. The standard InChI is InChI=1S/C17H31N3O/c1-3-10-19-11-8-15(9-12-19)20-16(14-6-4-5-7-14)18-13(2)17(20)21/h13-16,18H,3-12H2,1-2H3. The first-order valence-corrected chi connectivity index (χ1v) is 9.01. The maximum atomic E-state index is 12.6. The Labute approximate surface area is 129 Å². The van der Waals surface area contributed by atoms with Gasteiger partial charge in [0.15, 0.2) is 0 Å². The van der Waals surface area contributed by atoms with Crippen molar-refractivity contribution in [3.8, 4) is 0 Å². The second kappa shape index (κ2) is 6.66. The molecule has 0 radical (unpaired) electrons. The predicted molar refractivity (Wildman–Crippen MR) is 84.9 cm³/mol. The van der Waals surface area contributed by atoms with Crippen LogP contribution >= 0.6 is 0 Å². The number of hydrogen-bond acceptors (Lipinski definition) is 3. The average Bonchev–Trinajstić information content (AvgIpc) is 3.10. The van der Waals surface area contributed by atoms with E-state index in [0.29, 0.717) is 24.0 Å². The highest BCUT2D eigenvalue weighted by Crippen LogP contribution is 2.34. The van der Waals surface area contributed by atoms with Gasteiger partial charge < -0.3 is 9.80 Å². The zero-order chi connectivity index (χ0) is 14.8. The van der Waals surface area contributed by atoms with E-state index in [2.05, 4.69) is 22.0 Å². The van der Waals surface area contributed by atoms with Crippen LogP contribution < -0.4 is 5.32 Å². The van der Waals surface area contributed by atoms with Crippen molar-refractivity contribution in [1.82, 2.24) is 15.1 Å². The van der Waals surface area contributed by atoms with Crippen LogP contribution in [-0.4, -0.2) is 53.6 Å².